The molecule has 0 bridgehead atoms. The Morgan fingerprint density at radius 3 is 1.91 bits per heavy atom. The molecule has 22 heavy (non-hydrogen) atoms. The lowest BCUT2D eigenvalue weighted by Crippen LogP contribution is -2.03. The summed E-state index contributed by atoms with van der Waals surface area (Å²) in [5.74, 6) is 0. The molecule has 0 heterocycles. The summed E-state index contributed by atoms with van der Waals surface area (Å²) >= 11 is 2.50. The van der Waals surface area contributed by atoms with Gasteiger partial charge in [-0.3, -0.25) is 0 Å². The lowest BCUT2D eigenvalue weighted by atomic mass is 10.1. The molecule has 0 aromatic heterocycles. The fourth-order valence-electron chi connectivity index (χ4n) is 1.87. The predicted octanol–water partition coefficient (Wildman–Crippen LogP) is 4.10. The van der Waals surface area contributed by atoms with Crippen LogP contribution in [0.1, 0.15) is 11.1 Å². The Hall–Kier alpha value is -0.460. The van der Waals surface area contributed by atoms with Crippen molar-refractivity contribution in [3.63, 3.8) is 0 Å². The Balaban J connectivity index is 2.65. The minimum Gasteiger partial charge on any atom is -0.213 e. The fourth-order valence-corrected chi connectivity index (χ4v) is 7.30. The summed E-state index contributed by atoms with van der Waals surface area (Å²) < 4.78 is 47.7. The molecule has 0 fully saturated rings. The van der Waals surface area contributed by atoms with E-state index in [1.165, 1.54) is 54.5 Å². The highest BCUT2D eigenvalue weighted by atomic mass is 127. The number of halogens is 2. The van der Waals surface area contributed by atoms with E-state index in [1.54, 1.807) is 18.2 Å². The lowest BCUT2D eigenvalue weighted by molar-refractivity contribution is 0.600. The van der Waals surface area contributed by atoms with Crippen molar-refractivity contribution in [1.29, 1.82) is 0 Å². The van der Waals surface area contributed by atoms with E-state index in [0.29, 0.717) is 5.56 Å². The third-order valence-electron chi connectivity index (χ3n) is 2.77. The third kappa shape index (κ3) is 4.52. The highest BCUT2D eigenvalue weighted by molar-refractivity contribution is 14.2. The molecule has 116 valence electrons. The summed E-state index contributed by atoms with van der Waals surface area (Å²) in [6.07, 6.45) is 3.34. The summed E-state index contributed by atoms with van der Waals surface area (Å²) in [4.78, 5) is -0.380. The van der Waals surface area contributed by atoms with Crippen LogP contribution in [0.4, 0.5) is 0 Å². The zero-order chi connectivity index (χ0) is 16.4. The second-order valence-corrected chi connectivity index (χ2v) is 13.9. The van der Waals surface area contributed by atoms with E-state index >= 15 is 0 Å². The van der Waals surface area contributed by atoms with Crippen LogP contribution in [0.15, 0.2) is 58.3 Å². The summed E-state index contributed by atoms with van der Waals surface area (Å²) in [6.45, 7) is 0. The average Bonchev–Trinajstić information content (AvgIpc) is 2.44. The Morgan fingerprint density at radius 1 is 0.727 bits per heavy atom. The van der Waals surface area contributed by atoms with Gasteiger partial charge < -0.3 is 0 Å². The van der Waals surface area contributed by atoms with Gasteiger partial charge in [0.1, 0.15) is 4.90 Å². The van der Waals surface area contributed by atoms with E-state index < -0.39 is 14.0 Å². The van der Waals surface area contributed by atoms with Gasteiger partial charge in [-0.05, 0) is 17.2 Å². The second kappa shape index (κ2) is 6.97. The molecule has 0 saturated carbocycles. The van der Waals surface area contributed by atoms with Crippen LogP contribution < -0.4 is 0 Å². The minimum atomic E-state index is -3.72. The normalized spacial score (nSPS) is 12.6. The van der Waals surface area contributed by atoms with Gasteiger partial charge in [-0.2, -0.15) is 0 Å². The van der Waals surface area contributed by atoms with Crippen molar-refractivity contribution in [2.75, 3.05) is 0 Å². The van der Waals surface area contributed by atoms with Crippen molar-refractivity contribution in [2.45, 2.75) is 9.79 Å². The van der Waals surface area contributed by atoms with Gasteiger partial charge in [-0.25, -0.2) is 16.8 Å². The van der Waals surface area contributed by atoms with Crippen LogP contribution in [0.5, 0.6) is 0 Å². The maximum Gasteiger partial charge on any atom is 0.233 e. The summed E-state index contributed by atoms with van der Waals surface area (Å²) in [5, 5.41) is 0. The number of hydrogen-bond acceptors (Lipinski definition) is 4. The minimum absolute atomic E-state index is 0.183. The first-order valence-corrected chi connectivity index (χ1v) is 14.0. The van der Waals surface area contributed by atoms with Gasteiger partial charge in [0.25, 0.3) is 0 Å². The smallest absolute Gasteiger partial charge is 0.213 e. The molecule has 0 spiro atoms. The molecule has 0 amide bonds. The molecule has 2 aromatic carbocycles. The van der Waals surface area contributed by atoms with Crippen molar-refractivity contribution >= 4 is 68.6 Å². The van der Waals surface area contributed by atoms with Crippen LogP contribution >= 0.6 is 42.4 Å². The Morgan fingerprint density at radius 2 is 1.36 bits per heavy atom. The first kappa shape index (κ1) is 17.9. The number of hydrogen-bond donors (Lipinski definition) is 0. The van der Waals surface area contributed by atoms with Crippen LogP contribution in [-0.2, 0) is 14.0 Å². The van der Waals surface area contributed by atoms with Crippen molar-refractivity contribution in [2.24, 2.45) is 0 Å². The van der Waals surface area contributed by atoms with Gasteiger partial charge in [-0.15, -0.1) is 0 Å². The zero-order valence-electron chi connectivity index (χ0n) is 11.0. The molecular weight excluding hydrogens is 550 g/mol. The Bertz CT molecular complexity index is 919. The van der Waals surface area contributed by atoms with Gasteiger partial charge in [0, 0.05) is 0 Å². The molecule has 0 N–H and O–H groups in total. The molecule has 0 unspecified atom stereocenters. The first-order chi connectivity index (χ1) is 10.2. The van der Waals surface area contributed by atoms with Gasteiger partial charge in [0.15, 0.2) is 0 Å². The van der Waals surface area contributed by atoms with E-state index in [4.69, 9.17) is 0 Å². The third-order valence-corrected chi connectivity index (χ3v) is 7.45. The molecule has 0 saturated heterocycles. The maximum atomic E-state index is 12.0. The quantitative estimate of drug-likeness (QED) is 0.321. The van der Waals surface area contributed by atoms with Crippen molar-refractivity contribution in [1.82, 2.24) is 0 Å². The molecule has 0 aliphatic rings. The van der Waals surface area contributed by atoms with E-state index in [1.807, 2.05) is 30.3 Å². The molecule has 0 radical (unpaired) electrons. The Labute approximate surface area is 153 Å². The first-order valence-electron chi connectivity index (χ1n) is 5.95. The average molecular weight is 560 g/mol. The van der Waals surface area contributed by atoms with Crippen LogP contribution in [0.2, 0.25) is 0 Å². The van der Waals surface area contributed by atoms with Gasteiger partial charge in [0.2, 0.25) is 14.0 Å². The van der Waals surface area contributed by atoms with Crippen molar-refractivity contribution < 1.29 is 16.8 Å². The molecule has 0 atom stereocenters. The maximum absolute atomic E-state index is 12.0. The zero-order valence-corrected chi connectivity index (χ0v) is 16.9. The fraction of sp³-hybridized carbons (Fsp3) is 0. The van der Waals surface area contributed by atoms with Gasteiger partial charge in [-0.1, -0.05) is 54.6 Å². The van der Waals surface area contributed by atoms with Crippen LogP contribution in [0.3, 0.4) is 0 Å². The molecule has 2 rings (SSSR count). The summed E-state index contributed by atoms with van der Waals surface area (Å²) in [5.41, 5.74) is 1.23. The van der Waals surface area contributed by atoms with Crippen molar-refractivity contribution in [3.8, 4) is 0 Å². The second-order valence-electron chi connectivity index (χ2n) is 4.29. The topological polar surface area (TPSA) is 68.3 Å². The number of benzene rings is 2. The van der Waals surface area contributed by atoms with E-state index in [2.05, 4.69) is 0 Å². The van der Waals surface area contributed by atoms with Gasteiger partial charge >= 0.3 is 0 Å². The number of rotatable bonds is 4. The molecule has 0 aliphatic heterocycles. The van der Waals surface area contributed by atoms with Crippen LogP contribution in [-0.4, -0.2) is 16.8 Å². The molecular formula is C14H10I2O4S2. The molecule has 4 nitrogen and oxygen atoms in total. The van der Waals surface area contributed by atoms with Crippen molar-refractivity contribution in [3.05, 3.63) is 59.7 Å². The van der Waals surface area contributed by atoms with E-state index in [-0.39, 0.29) is 9.79 Å². The molecule has 0 aliphatic carbocycles. The summed E-state index contributed by atoms with van der Waals surface area (Å²) in [6, 6.07) is 13.7. The lowest BCUT2D eigenvalue weighted by Gasteiger charge is -2.08. The predicted molar refractivity (Wildman–Crippen MR) is 104 cm³/mol. The monoisotopic (exact) mass is 560 g/mol. The van der Waals surface area contributed by atoms with E-state index in [0.717, 1.165) is 5.56 Å². The highest BCUT2D eigenvalue weighted by Crippen LogP contribution is 2.33. The SMILES string of the molecule is O=S(=O)(I)c1cccc(C=Cc2ccccc2)c1S(=O)(=O)I. The molecule has 8 heteroatoms. The van der Waals surface area contributed by atoms with E-state index in [9.17, 15) is 16.8 Å². The largest absolute Gasteiger partial charge is 0.233 e. The standard InChI is InChI=1S/C14H10I2O4S2/c15-21(17,18)13-8-4-7-12(14(13)22(16,19)20)10-9-11-5-2-1-3-6-11/h1-10H. The highest BCUT2D eigenvalue weighted by Gasteiger charge is 2.25. The summed E-state index contributed by atoms with van der Waals surface area (Å²) in [7, 11) is -7.39. The Kier molecular flexibility index (Phi) is 5.67. The van der Waals surface area contributed by atoms with Crippen LogP contribution in [0, 0.1) is 0 Å². The molecule has 2 aromatic rings. The van der Waals surface area contributed by atoms with Crippen LogP contribution in [0.25, 0.3) is 12.2 Å². The van der Waals surface area contributed by atoms with Gasteiger partial charge in [0.05, 0.1) is 47.3 Å².